The standard InChI is InChI=1S/C19H21N3O2S/c1-12(2)22(10-14-8-6-5-7-9-14)17-15-13(3)16(19(23)24-4)25-18(15)21-11-20-17/h5-9,11-12H,10H2,1-4H3. The highest BCUT2D eigenvalue weighted by Crippen LogP contribution is 2.36. The van der Waals surface area contributed by atoms with E-state index in [9.17, 15) is 4.79 Å². The van der Waals surface area contributed by atoms with Crippen LogP contribution in [0.25, 0.3) is 10.2 Å². The van der Waals surface area contributed by atoms with E-state index in [-0.39, 0.29) is 12.0 Å². The average molecular weight is 355 g/mol. The monoisotopic (exact) mass is 355 g/mol. The Morgan fingerprint density at radius 3 is 2.60 bits per heavy atom. The van der Waals surface area contributed by atoms with E-state index in [4.69, 9.17) is 4.74 Å². The van der Waals surface area contributed by atoms with Crippen LogP contribution in [0.15, 0.2) is 36.7 Å². The number of methoxy groups -OCH3 is 1. The first-order valence-electron chi connectivity index (χ1n) is 8.16. The van der Waals surface area contributed by atoms with Gasteiger partial charge in [0.1, 0.15) is 21.9 Å². The van der Waals surface area contributed by atoms with Gasteiger partial charge in [-0.25, -0.2) is 14.8 Å². The van der Waals surface area contributed by atoms with Crippen molar-refractivity contribution in [3.8, 4) is 0 Å². The highest BCUT2D eigenvalue weighted by atomic mass is 32.1. The molecule has 2 aromatic heterocycles. The summed E-state index contributed by atoms with van der Waals surface area (Å²) >= 11 is 1.35. The van der Waals surface area contributed by atoms with Gasteiger partial charge < -0.3 is 9.64 Å². The van der Waals surface area contributed by atoms with Gasteiger partial charge in [-0.3, -0.25) is 0 Å². The number of esters is 1. The van der Waals surface area contributed by atoms with Crippen LogP contribution in [0.5, 0.6) is 0 Å². The molecule has 3 rings (SSSR count). The minimum atomic E-state index is -0.328. The molecule has 0 unspecified atom stereocenters. The molecule has 130 valence electrons. The van der Waals surface area contributed by atoms with Crippen LogP contribution in [0, 0.1) is 6.92 Å². The largest absolute Gasteiger partial charge is 0.465 e. The first kappa shape index (κ1) is 17.4. The predicted octanol–water partition coefficient (Wildman–Crippen LogP) is 4.20. The quantitative estimate of drug-likeness (QED) is 0.642. The number of thiophene rings is 1. The van der Waals surface area contributed by atoms with Crippen molar-refractivity contribution in [3.05, 3.63) is 52.7 Å². The van der Waals surface area contributed by atoms with Gasteiger partial charge in [0.25, 0.3) is 0 Å². The Morgan fingerprint density at radius 1 is 1.24 bits per heavy atom. The van der Waals surface area contributed by atoms with E-state index in [0.29, 0.717) is 4.88 Å². The first-order valence-corrected chi connectivity index (χ1v) is 8.97. The molecule has 0 aliphatic carbocycles. The van der Waals surface area contributed by atoms with E-state index in [1.165, 1.54) is 24.0 Å². The van der Waals surface area contributed by atoms with E-state index in [1.54, 1.807) is 6.33 Å². The Kier molecular flexibility index (Phi) is 4.99. The SMILES string of the molecule is COC(=O)c1sc2ncnc(N(Cc3ccccc3)C(C)C)c2c1C. The Morgan fingerprint density at radius 2 is 1.96 bits per heavy atom. The molecule has 0 aliphatic rings. The fourth-order valence-electron chi connectivity index (χ4n) is 2.84. The number of aryl methyl sites for hydroxylation is 1. The number of benzene rings is 1. The number of hydrogen-bond donors (Lipinski definition) is 0. The van der Waals surface area contributed by atoms with Crippen molar-refractivity contribution in [2.45, 2.75) is 33.4 Å². The fraction of sp³-hybridized carbons (Fsp3) is 0.316. The maximum Gasteiger partial charge on any atom is 0.348 e. The number of carbonyl (C=O) groups excluding carboxylic acids is 1. The second-order valence-electron chi connectivity index (χ2n) is 6.13. The first-order chi connectivity index (χ1) is 12.0. The molecule has 0 N–H and O–H groups in total. The van der Waals surface area contributed by atoms with E-state index in [2.05, 4.69) is 40.8 Å². The van der Waals surface area contributed by atoms with Crippen molar-refractivity contribution in [2.24, 2.45) is 0 Å². The highest BCUT2D eigenvalue weighted by molar-refractivity contribution is 7.20. The average Bonchev–Trinajstić information content (AvgIpc) is 2.97. The third-order valence-corrected chi connectivity index (χ3v) is 5.35. The molecule has 0 radical (unpaired) electrons. The Balaban J connectivity index is 2.11. The van der Waals surface area contributed by atoms with Crippen molar-refractivity contribution < 1.29 is 9.53 Å². The molecule has 6 heteroatoms. The third kappa shape index (κ3) is 3.35. The van der Waals surface area contributed by atoms with Gasteiger partial charge in [-0.2, -0.15) is 0 Å². The van der Waals surface area contributed by atoms with Crippen LogP contribution < -0.4 is 4.90 Å². The van der Waals surface area contributed by atoms with Crippen molar-refractivity contribution in [1.82, 2.24) is 9.97 Å². The lowest BCUT2D eigenvalue weighted by Crippen LogP contribution is -2.31. The summed E-state index contributed by atoms with van der Waals surface area (Å²) in [6.07, 6.45) is 1.56. The van der Waals surface area contributed by atoms with Crippen molar-refractivity contribution >= 4 is 33.3 Å². The molecule has 0 amide bonds. The Hall–Kier alpha value is -2.47. The second-order valence-corrected chi connectivity index (χ2v) is 7.13. The number of aromatic nitrogens is 2. The van der Waals surface area contributed by atoms with Crippen LogP contribution in [0.1, 0.15) is 34.6 Å². The van der Waals surface area contributed by atoms with Gasteiger partial charge in [-0.05, 0) is 31.9 Å². The van der Waals surface area contributed by atoms with Crippen LogP contribution in [-0.4, -0.2) is 29.1 Å². The van der Waals surface area contributed by atoms with Gasteiger partial charge >= 0.3 is 5.97 Å². The van der Waals surface area contributed by atoms with Gasteiger partial charge in [0.2, 0.25) is 0 Å². The van der Waals surface area contributed by atoms with Crippen molar-refractivity contribution in [1.29, 1.82) is 0 Å². The zero-order chi connectivity index (χ0) is 18.0. The molecule has 0 saturated carbocycles. The summed E-state index contributed by atoms with van der Waals surface area (Å²) in [7, 11) is 1.40. The highest BCUT2D eigenvalue weighted by Gasteiger charge is 2.23. The number of nitrogens with zero attached hydrogens (tertiary/aromatic N) is 3. The fourth-order valence-corrected chi connectivity index (χ4v) is 3.90. The molecule has 2 heterocycles. The molecular formula is C19H21N3O2S. The van der Waals surface area contributed by atoms with Crippen molar-refractivity contribution in [3.63, 3.8) is 0 Å². The molecule has 1 aromatic carbocycles. The summed E-state index contributed by atoms with van der Waals surface area (Å²) in [5, 5.41) is 0.928. The van der Waals surface area contributed by atoms with Gasteiger partial charge in [0.15, 0.2) is 0 Å². The number of anilines is 1. The summed E-state index contributed by atoms with van der Waals surface area (Å²) in [6, 6.07) is 10.5. The van der Waals surface area contributed by atoms with E-state index < -0.39 is 0 Å². The molecule has 5 nitrogen and oxygen atoms in total. The van der Waals surface area contributed by atoms with Gasteiger partial charge in [0.05, 0.1) is 12.5 Å². The lowest BCUT2D eigenvalue weighted by atomic mass is 10.1. The van der Waals surface area contributed by atoms with Gasteiger partial charge in [-0.15, -0.1) is 11.3 Å². The summed E-state index contributed by atoms with van der Waals surface area (Å²) in [5.41, 5.74) is 2.09. The molecule has 0 spiro atoms. The van der Waals surface area contributed by atoms with Crippen LogP contribution >= 0.6 is 11.3 Å². The topological polar surface area (TPSA) is 55.3 Å². The summed E-state index contributed by atoms with van der Waals surface area (Å²) in [5.74, 6) is 0.526. The van der Waals surface area contributed by atoms with Crippen LogP contribution in [0.4, 0.5) is 5.82 Å². The molecule has 3 aromatic rings. The molecule has 0 aliphatic heterocycles. The number of carbonyl (C=O) groups is 1. The van der Waals surface area contributed by atoms with Gasteiger partial charge in [-0.1, -0.05) is 30.3 Å². The maximum absolute atomic E-state index is 12.0. The van der Waals surface area contributed by atoms with Gasteiger partial charge in [0, 0.05) is 12.6 Å². The minimum absolute atomic E-state index is 0.249. The lowest BCUT2D eigenvalue weighted by Gasteiger charge is -2.28. The van der Waals surface area contributed by atoms with E-state index >= 15 is 0 Å². The third-order valence-electron chi connectivity index (χ3n) is 4.17. The van der Waals surface area contributed by atoms with Crippen LogP contribution in [-0.2, 0) is 11.3 Å². The molecular weight excluding hydrogens is 334 g/mol. The minimum Gasteiger partial charge on any atom is -0.465 e. The van der Waals surface area contributed by atoms with E-state index in [0.717, 1.165) is 28.1 Å². The molecule has 0 atom stereocenters. The normalized spacial score (nSPS) is 11.1. The Labute approximate surface area is 151 Å². The van der Waals surface area contributed by atoms with Crippen LogP contribution in [0.2, 0.25) is 0 Å². The number of fused-ring (bicyclic) bond motifs is 1. The molecule has 0 fully saturated rings. The van der Waals surface area contributed by atoms with Crippen LogP contribution in [0.3, 0.4) is 0 Å². The number of hydrogen-bond acceptors (Lipinski definition) is 6. The zero-order valence-electron chi connectivity index (χ0n) is 14.8. The summed E-state index contributed by atoms with van der Waals surface area (Å²) < 4.78 is 4.90. The lowest BCUT2D eigenvalue weighted by molar-refractivity contribution is 0.0605. The van der Waals surface area contributed by atoms with E-state index in [1.807, 2.05) is 25.1 Å². The predicted molar refractivity (Wildman–Crippen MR) is 101 cm³/mol. The molecule has 0 bridgehead atoms. The molecule has 25 heavy (non-hydrogen) atoms. The number of rotatable bonds is 5. The molecule has 0 saturated heterocycles. The second kappa shape index (κ2) is 7.19. The summed E-state index contributed by atoms with van der Waals surface area (Å²) in [6.45, 7) is 6.95. The number of ether oxygens (including phenoxy) is 1. The zero-order valence-corrected chi connectivity index (χ0v) is 15.6. The maximum atomic E-state index is 12.0. The Bertz CT molecular complexity index is 890. The smallest absolute Gasteiger partial charge is 0.348 e. The summed E-state index contributed by atoms with van der Waals surface area (Å²) in [4.78, 5) is 24.6. The van der Waals surface area contributed by atoms with Crippen molar-refractivity contribution in [2.75, 3.05) is 12.0 Å².